The molecule has 3 aromatic rings. The maximum Gasteiger partial charge on any atom is 0.416 e. The predicted octanol–water partition coefficient (Wildman–Crippen LogP) is 4.41. The van der Waals surface area contributed by atoms with Crippen molar-refractivity contribution in [3.05, 3.63) is 65.9 Å². The zero-order valence-electron chi connectivity index (χ0n) is 13.9. The number of pyridine rings is 1. The van der Waals surface area contributed by atoms with Crippen LogP contribution in [0.5, 0.6) is 5.75 Å². The molecular formula is C19H17F3N2O2. The molecule has 0 fully saturated rings. The van der Waals surface area contributed by atoms with E-state index in [0.29, 0.717) is 22.4 Å². The smallest absolute Gasteiger partial charge is 0.416 e. The van der Waals surface area contributed by atoms with Crippen molar-refractivity contribution in [2.24, 2.45) is 0 Å². The van der Waals surface area contributed by atoms with Crippen LogP contribution in [0.4, 0.5) is 18.9 Å². The second kappa shape index (κ2) is 7.21. The van der Waals surface area contributed by atoms with Crippen LogP contribution in [0.25, 0.3) is 10.9 Å². The van der Waals surface area contributed by atoms with Crippen molar-refractivity contribution in [2.45, 2.75) is 12.3 Å². The number of nitrogens with one attached hydrogen (secondary N) is 1. The Morgan fingerprint density at radius 3 is 2.69 bits per heavy atom. The molecule has 1 aromatic heterocycles. The van der Waals surface area contributed by atoms with E-state index in [1.807, 2.05) is 0 Å². The molecule has 2 aromatic carbocycles. The number of anilines is 1. The van der Waals surface area contributed by atoms with Gasteiger partial charge in [-0.3, -0.25) is 4.98 Å². The van der Waals surface area contributed by atoms with Gasteiger partial charge >= 0.3 is 6.18 Å². The normalized spacial score (nSPS) is 12.8. The predicted molar refractivity (Wildman–Crippen MR) is 93.2 cm³/mol. The van der Waals surface area contributed by atoms with Gasteiger partial charge in [0.1, 0.15) is 5.75 Å². The lowest BCUT2D eigenvalue weighted by Crippen LogP contribution is -2.12. The minimum atomic E-state index is -4.41. The molecule has 3 rings (SSSR count). The number of fused-ring (bicyclic) bond motifs is 1. The zero-order chi connectivity index (χ0) is 18.7. The first-order valence-electron chi connectivity index (χ1n) is 7.90. The summed E-state index contributed by atoms with van der Waals surface area (Å²) in [5.74, 6) is 0.635. The number of halogens is 3. The van der Waals surface area contributed by atoms with Crippen molar-refractivity contribution in [1.82, 2.24) is 4.98 Å². The van der Waals surface area contributed by atoms with Crippen LogP contribution in [0.3, 0.4) is 0 Å². The second-order valence-corrected chi connectivity index (χ2v) is 5.76. The average molecular weight is 362 g/mol. The molecule has 26 heavy (non-hydrogen) atoms. The standard InChI is InChI=1S/C19H17F3N2O2/c1-26-14-4-2-3-12(9-14)18(25)11-24-16-7-8-23-17-10-13(19(20,21)22)5-6-15(16)17/h2-10,18,25H,11H2,1H3,(H,23,24). The molecule has 0 aliphatic rings. The Bertz CT molecular complexity index is 913. The third-order valence-electron chi connectivity index (χ3n) is 4.03. The van der Waals surface area contributed by atoms with Gasteiger partial charge in [-0.05, 0) is 35.9 Å². The number of alkyl halides is 3. The second-order valence-electron chi connectivity index (χ2n) is 5.76. The molecule has 0 amide bonds. The van der Waals surface area contributed by atoms with E-state index in [1.54, 1.807) is 37.4 Å². The molecule has 7 heteroatoms. The van der Waals surface area contributed by atoms with E-state index in [4.69, 9.17) is 4.74 Å². The largest absolute Gasteiger partial charge is 0.497 e. The molecule has 0 saturated heterocycles. The van der Waals surface area contributed by atoms with Crippen molar-refractivity contribution in [3.63, 3.8) is 0 Å². The molecule has 4 nitrogen and oxygen atoms in total. The van der Waals surface area contributed by atoms with Gasteiger partial charge in [0.05, 0.1) is 24.3 Å². The highest BCUT2D eigenvalue weighted by Gasteiger charge is 2.30. The number of ether oxygens (including phenoxy) is 1. The maximum atomic E-state index is 12.8. The van der Waals surface area contributed by atoms with E-state index in [-0.39, 0.29) is 12.1 Å². The molecule has 0 aliphatic carbocycles. The van der Waals surface area contributed by atoms with Gasteiger partial charge in [-0.25, -0.2) is 0 Å². The molecular weight excluding hydrogens is 345 g/mol. The van der Waals surface area contributed by atoms with E-state index in [9.17, 15) is 18.3 Å². The number of benzene rings is 2. The molecule has 136 valence electrons. The minimum absolute atomic E-state index is 0.188. The Morgan fingerprint density at radius 2 is 1.96 bits per heavy atom. The zero-order valence-corrected chi connectivity index (χ0v) is 13.9. The SMILES string of the molecule is COc1cccc(C(O)CNc2ccnc3cc(C(F)(F)F)ccc23)c1. The molecule has 0 saturated carbocycles. The van der Waals surface area contributed by atoms with Gasteiger partial charge < -0.3 is 15.2 Å². The minimum Gasteiger partial charge on any atom is -0.497 e. The van der Waals surface area contributed by atoms with Crippen molar-refractivity contribution in [2.75, 3.05) is 19.0 Å². The van der Waals surface area contributed by atoms with E-state index < -0.39 is 17.8 Å². The van der Waals surface area contributed by atoms with Crippen LogP contribution in [0.15, 0.2) is 54.7 Å². The number of hydrogen-bond donors (Lipinski definition) is 2. The summed E-state index contributed by atoms with van der Waals surface area (Å²) in [7, 11) is 1.54. The molecule has 0 aliphatic heterocycles. The van der Waals surface area contributed by atoms with Crippen LogP contribution in [0, 0.1) is 0 Å². The summed E-state index contributed by atoms with van der Waals surface area (Å²) >= 11 is 0. The molecule has 2 N–H and O–H groups in total. The highest BCUT2D eigenvalue weighted by atomic mass is 19.4. The Kier molecular flexibility index (Phi) is 4.99. The highest BCUT2D eigenvalue weighted by molar-refractivity contribution is 5.91. The van der Waals surface area contributed by atoms with Gasteiger partial charge in [0.2, 0.25) is 0 Å². The fourth-order valence-corrected chi connectivity index (χ4v) is 2.65. The van der Waals surface area contributed by atoms with Crippen LogP contribution < -0.4 is 10.1 Å². The van der Waals surface area contributed by atoms with Gasteiger partial charge in [-0.2, -0.15) is 13.2 Å². The summed E-state index contributed by atoms with van der Waals surface area (Å²) in [4.78, 5) is 4.00. The first kappa shape index (κ1) is 18.0. The Hall–Kier alpha value is -2.80. The fourth-order valence-electron chi connectivity index (χ4n) is 2.65. The number of hydrogen-bond acceptors (Lipinski definition) is 4. The monoisotopic (exact) mass is 362 g/mol. The van der Waals surface area contributed by atoms with Crippen LogP contribution in [0.2, 0.25) is 0 Å². The summed E-state index contributed by atoms with van der Waals surface area (Å²) in [6.07, 6.45) is -3.78. The lowest BCUT2D eigenvalue weighted by molar-refractivity contribution is -0.137. The van der Waals surface area contributed by atoms with E-state index >= 15 is 0 Å². The van der Waals surface area contributed by atoms with Gasteiger partial charge in [-0.15, -0.1) is 0 Å². The van der Waals surface area contributed by atoms with Crippen molar-refractivity contribution in [1.29, 1.82) is 0 Å². The number of aliphatic hydroxyl groups is 1. The van der Waals surface area contributed by atoms with Crippen LogP contribution >= 0.6 is 0 Å². The number of rotatable bonds is 5. The summed E-state index contributed by atoms with van der Waals surface area (Å²) in [5.41, 5.74) is 0.770. The van der Waals surface area contributed by atoms with Crippen LogP contribution in [0.1, 0.15) is 17.2 Å². The third-order valence-corrected chi connectivity index (χ3v) is 4.03. The topological polar surface area (TPSA) is 54.4 Å². The third kappa shape index (κ3) is 3.88. The lowest BCUT2D eigenvalue weighted by Gasteiger charge is -2.15. The fraction of sp³-hybridized carbons (Fsp3) is 0.211. The van der Waals surface area contributed by atoms with Crippen LogP contribution in [-0.4, -0.2) is 23.7 Å². The molecule has 0 radical (unpaired) electrons. The summed E-state index contributed by atoms with van der Waals surface area (Å²) in [6, 6.07) is 12.1. The quantitative estimate of drug-likeness (QED) is 0.706. The van der Waals surface area contributed by atoms with Gasteiger partial charge in [0, 0.05) is 23.8 Å². The highest BCUT2D eigenvalue weighted by Crippen LogP contribution is 2.32. The average Bonchev–Trinajstić information content (AvgIpc) is 2.64. The van der Waals surface area contributed by atoms with Gasteiger partial charge in [0.25, 0.3) is 0 Å². The first-order valence-corrected chi connectivity index (χ1v) is 7.90. The summed E-state index contributed by atoms with van der Waals surface area (Å²) in [5, 5.41) is 14.0. The Morgan fingerprint density at radius 1 is 1.15 bits per heavy atom. The molecule has 1 unspecified atom stereocenters. The lowest BCUT2D eigenvalue weighted by atomic mass is 10.1. The molecule has 0 bridgehead atoms. The van der Waals surface area contributed by atoms with E-state index in [2.05, 4.69) is 10.3 Å². The summed E-state index contributed by atoms with van der Waals surface area (Å²) < 4.78 is 43.6. The Balaban J connectivity index is 1.80. The number of aromatic nitrogens is 1. The number of methoxy groups -OCH3 is 1. The Labute approximate surface area is 148 Å². The van der Waals surface area contributed by atoms with Crippen molar-refractivity contribution >= 4 is 16.6 Å². The number of nitrogens with zero attached hydrogens (tertiary/aromatic N) is 1. The first-order chi connectivity index (χ1) is 12.4. The molecule has 1 heterocycles. The molecule has 0 spiro atoms. The van der Waals surface area contributed by atoms with Gasteiger partial charge in [0.15, 0.2) is 0 Å². The van der Waals surface area contributed by atoms with Crippen molar-refractivity contribution < 1.29 is 23.0 Å². The van der Waals surface area contributed by atoms with E-state index in [1.165, 1.54) is 12.3 Å². The number of aliphatic hydroxyl groups excluding tert-OH is 1. The molecule has 1 atom stereocenters. The van der Waals surface area contributed by atoms with E-state index in [0.717, 1.165) is 12.1 Å². The van der Waals surface area contributed by atoms with Crippen molar-refractivity contribution in [3.8, 4) is 5.75 Å². The van der Waals surface area contributed by atoms with Crippen LogP contribution in [-0.2, 0) is 6.18 Å². The summed E-state index contributed by atoms with van der Waals surface area (Å²) in [6.45, 7) is 0.188. The van der Waals surface area contributed by atoms with Gasteiger partial charge in [-0.1, -0.05) is 18.2 Å². The maximum absolute atomic E-state index is 12.8.